The van der Waals surface area contributed by atoms with E-state index in [1.807, 2.05) is 30.3 Å². The van der Waals surface area contributed by atoms with Crippen molar-refractivity contribution in [2.45, 2.75) is 31.0 Å². The third-order valence-corrected chi connectivity index (χ3v) is 3.88. The maximum Gasteiger partial charge on any atom is 0.228 e. The molecule has 5 nitrogen and oxygen atoms in total. The highest BCUT2D eigenvalue weighted by Crippen LogP contribution is 2.21. The van der Waals surface area contributed by atoms with Crippen LogP contribution in [0.1, 0.15) is 11.1 Å². The van der Waals surface area contributed by atoms with Crippen LogP contribution in [0.2, 0.25) is 0 Å². The summed E-state index contributed by atoms with van der Waals surface area (Å²) in [5.74, 6) is 0.537. The van der Waals surface area contributed by atoms with Gasteiger partial charge in [-0.2, -0.15) is 0 Å². The van der Waals surface area contributed by atoms with Gasteiger partial charge in [-0.15, -0.1) is 0 Å². The molecule has 3 rings (SSSR count). The van der Waals surface area contributed by atoms with E-state index in [-0.39, 0.29) is 6.61 Å². The minimum atomic E-state index is -1.29. The van der Waals surface area contributed by atoms with Gasteiger partial charge in [0, 0.05) is 0 Å². The number of benzene rings is 2. The van der Waals surface area contributed by atoms with E-state index in [1.165, 1.54) is 5.56 Å². The smallest absolute Gasteiger partial charge is 0.228 e. The Balaban J connectivity index is 1.61. The fraction of sp³-hybridized carbons (Fsp3) is 0.333. The van der Waals surface area contributed by atoms with Crippen LogP contribution in [0.15, 0.2) is 54.6 Å². The monoisotopic (exact) mass is 316 g/mol. The van der Waals surface area contributed by atoms with E-state index >= 15 is 0 Å². The lowest BCUT2D eigenvalue weighted by Gasteiger charge is -2.34. The minimum absolute atomic E-state index is 0.0744. The first kappa shape index (κ1) is 16.0. The van der Waals surface area contributed by atoms with Crippen LogP contribution in [0.25, 0.3) is 0 Å². The second-order valence-corrected chi connectivity index (χ2v) is 5.67. The molecule has 0 spiro atoms. The standard InChI is InChI=1S/C18H20O5/c19-15-11-22-18(17(21)16(15)20)23-14-8-6-13(7-9-14)10-12-4-2-1-3-5-12/h1-9,15-21H,10-11H2/t15-,16+,17-,18+/m1/s1. The van der Waals surface area contributed by atoms with Crippen molar-refractivity contribution in [1.29, 1.82) is 0 Å². The fourth-order valence-electron chi connectivity index (χ4n) is 2.53. The van der Waals surface area contributed by atoms with Crippen LogP contribution in [-0.4, -0.2) is 46.5 Å². The van der Waals surface area contributed by atoms with Gasteiger partial charge < -0.3 is 24.8 Å². The molecule has 2 aromatic rings. The Bertz CT molecular complexity index is 613. The van der Waals surface area contributed by atoms with Gasteiger partial charge in [0.1, 0.15) is 24.1 Å². The Morgan fingerprint density at radius 3 is 2.22 bits per heavy atom. The highest BCUT2D eigenvalue weighted by molar-refractivity contribution is 5.31. The molecule has 0 unspecified atom stereocenters. The summed E-state index contributed by atoms with van der Waals surface area (Å²) in [6, 6.07) is 17.6. The van der Waals surface area contributed by atoms with Crippen LogP contribution < -0.4 is 4.74 Å². The largest absolute Gasteiger partial charge is 0.462 e. The van der Waals surface area contributed by atoms with Crippen molar-refractivity contribution in [3.05, 3.63) is 65.7 Å². The molecule has 2 aromatic carbocycles. The zero-order valence-electron chi connectivity index (χ0n) is 12.6. The molecule has 0 radical (unpaired) electrons. The van der Waals surface area contributed by atoms with Crippen LogP contribution in [0.3, 0.4) is 0 Å². The number of rotatable bonds is 4. The molecule has 0 saturated carbocycles. The molecule has 0 bridgehead atoms. The van der Waals surface area contributed by atoms with Crippen LogP contribution in [0.4, 0.5) is 0 Å². The van der Waals surface area contributed by atoms with Gasteiger partial charge in [0.25, 0.3) is 0 Å². The maximum absolute atomic E-state index is 9.86. The zero-order valence-corrected chi connectivity index (χ0v) is 12.6. The number of hydrogen-bond donors (Lipinski definition) is 3. The van der Waals surface area contributed by atoms with Crippen molar-refractivity contribution in [2.75, 3.05) is 6.61 Å². The van der Waals surface area contributed by atoms with Crippen LogP contribution in [0.5, 0.6) is 5.75 Å². The predicted octanol–water partition coefficient (Wildman–Crippen LogP) is 1.10. The summed E-state index contributed by atoms with van der Waals surface area (Å²) in [7, 11) is 0. The molecule has 3 N–H and O–H groups in total. The van der Waals surface area contributed by atoms with E-state index in [4.69, 9.17) is 9.47 Å². The van der Waals surface area contributed by atoms with Gasteiger partial charge in [0.2, 0.25) is 6.29 Å². The van der Waals surface area contributed by atoms with Gasteiger partial charge in [-0.1, -0.05) is 42.5 Å². The highest BCUT2D eigenvalue weighted by atomic mass is 16.7. The molecule has 1 fully saturated rings. The van der Waals surface area contributed by atoms with Gasteiger partial charge >= 0.3 is 0 Å². The third-order valence-electron chi connectivity index (χ3n) is 3.88. The van der Waals surface area contributed by atoms with Crippen LogP contribution >= 0.6 is 0 Å². The van der Waals surface area contributed by atoms with Crippen molar-refractivity contribution in [2.24, 2.45) is 0 Å². The molecular weight excluding hydrogens is 296 g/mol. The quantitative estimate of drug-likeness (QED) is 0.787. The molecule has 4 atom stereocenters. The Hall–Kier alpha value is -1.92. The summed E-state index contributed by atoms with van der Waals surface area (Å²) in [4.78, 5) is 0. The minimum Gasteiger partial charge on any atom is -0.462 e. The Morgan fingerprint density at radius 1 is 0.870 bits per heavy atom. The van der Waals surface area contributed by atoms with Gasteiger partial charge in [0.15, 0.2) is 0 Å². The van der Waals surface area contributed by atoms with Crippen molar-refractivity contribution in [1.82, 2.24) is 0 Å². The SMILES string of the molecule is O[C@@H]1[C@@H](O)[C@H](Oc2ccc(Cc3ccccc3)cc2)OC[C@H]1O. The molecule has 122 valence electrons. The Morgan fingerprint density at radius 2 is 1.52 bits per heavy atom. The summed E-state index contributed by atoms with van der Waals surface area (Å²) in [6.45, 7) is -0.0744. The molecule has 1 aliphatic rings. The van der Waals surface area contributed by atoms with Crippen molar-refractivity contribution in [3.8, 4) is 5.75 Å². The lowest BCUT2D eigenvalue weighted by Crippen LogP contribution is -2.54. The van der Waals surface area contributed by atoms with E-state index in [0.717, 1.165) is 12.0 Å². The molecule has 23 heavy (non-hydrogen) atoms. The molecule has 0 amide bonds. The summed E-state index contributed by atoms with van der Waals surface area (Å²) in [5, 5.41) is 28.9. The van der Waals surface area contributed by atoms with Crippen LogP contribution in [0, 0.1) is 0 Å². The van der Waals surface area contributed by atoms with Crippen molar-refractivity contribution < 1.29 is 24.8 Å². The molecule has 1 heterocycles. The van der Waals surface area contributed by atoms with E-state index < -0.39 is 24.6 Å². The Labute approximate surface area is 134 Å². The Kier molecular flexibility index (Phi) is 4.93. The highest BCUT2D eigenvalue weighted by Gasteiger charge is 2.38. The molecule has 1 aliphatic heterocycles. The maximum atomic E-state index is 9.86. The molecule has 1 saturated heterocycles. The summed E-state index contributed by atoms with van der Waals surface area (Å²) >= 11 is 0. The van der Waals surface area contributed by atoms with Gasteiger partial charge in [-0.05, 0) is 29.7 Å². The normalized spacial score (nSPS) is 27.6. The first-order chi connectivity index (χ1) is 11.1. The first-order valence-corrected chi connectivity index (χ1v) is 7.59. The van der Waals surface area contributed by atoms with Crippen molar-refractivity contribution >= 4 is 0 Å². The van der Waals surface area contributed by atoms with Crippen LogP contribution in [-0.2, 0) is 11.2 Å². The molecular formula is C18H20O5. The molecule has 0 aliphatic carbocycles. The van der Waals surface area contributed by atoms with Gasteiger partial charge in [-0.3, -0.25) is 0 Å². The fourth-order valence-corrected chi connectivity index (χ4v) is 2.53. The number of aliphatic hydroxyl groups is 3. The average Bonchev–Trinajstić information content (AvgIpc) is 2.58. The van der Waals surface area contributed by atoms with E-state index in [9.17, 15) is 15.3 Å². The third kappa shape index (κ3) is 3.89. The van der Waals surface area contributed by atoms with Gasteiger partial charge in [0.05, 0.1) is 6.61 Å². The lowest BCUT2D eigenvalue weighted by molar-refractivity contribution is -0.242. The van der Waals surface area contributed by atoms with E-state index in [2.05, 4.69) is 12.1 Å². The van der Waals surface area contributed by atoms with Crippen molar-refractivity contribution in [3.63, 3.8) is 0 Å². The zero-order chi connectivity index (χ0) is 16.2. The summed E-state index contributed by atoms with van der Waals surface area (Å²) < 4.78 is 10.8. The second kappa shape index (κ2) is 7.10. The van der Waals surface area contributed by atoms with E-state index in [0.29, 0.717) is 5.75 Å². The summed E-state index contributed by atoms with van der Waals surface area (Å²) in [6.07, 6.45) is -3.82. The number of ether oxygens (including phenoxy) is 2. The van der Waals surface area contributed by atoms with E-state index in [1.54, 1.807) is 12.1 Å². The molecule has 0 aromatic heterocycles. The topological polar surface area (TPSA) is 79.2 Å². The first-order valence-electron chi connectivity index (χ1n) is 7.59. The van der Waals surface area contributed by atoms with Gasteiger partial charge in [-0.25, -0.2) is 0 Å². The number of aliphatic hydroxyl groups excluding tert-OH is 3. The molecule has 5 heteroatoms. The second-order valence-electron chi connectivity index (χ2n) is 5.67. The summed E-state index contributed by atoms with van der Waals surface area (Å²) in [5.41, 5.74) is 2.37. The number of hydrogen-bond acceptors (Lipinski definition) is 5. The lowest BCUT2D eigenvalue weighted by atomic mass is 10.0. The average molecular weight is 316 g/mol. The predicted molar refractivity (Wildman–Crippen MR) is 84.1 cm³/mol.